The zero-order valence-electron chi connectivity index (χ0n) is 14.3. The maximum absolute atomic E-state index is 13.4. The molecule has 4 rings (SSSR count). The molecule has 1 aromatic carbocycles. The molecule has 126 valence electrons. The van der Waals surface area contributed by atoms with E-state index in [1.54, 1.807) is 0 Å². The summed E-state index contributed by atoms with van der Waals surface area (Å²) < 4.78 is 0. The number of aryl methyl sites for hydroxylation is 1. The third-order valence-electron chi connectivity index (χ3n) is 5.78. The molecule has 2 aromatic rings. The molecule has 1 N–H and O–H groups in total. The van der Waals surface area contributed by atoms with Gasteiger partial charge in [0.1, 0.15) is 5.82 Å². The topological polar surface area (TPSA) is 49.0 Å². The second kappa shape index (κ2) is 6.08. The van der Waals surface area contributed by atoms with Gasteiger partial charge in [0.15, 0.2) is 0 Å². The lowest BCUT2D eigenvalue weighted by atomic mass is 9.77. The minimum absolute atomic E-state index is 0.296. The van der Waals surface area contributed by atoms with E-state index in [4.69, 9.17) is 0 Å². The van der Waals surface area contributed by atoms with Crippen molar-refractivity contribution >= 4 is 5.91 Å². The molecule has 4 heteroatoms. The molecule has 1 saturated heterocycles. The third kappa shape index (κ3) is 2.54. The molecule has 1 amide bonds. The fraction of sp³-hybridized carbons (Fsp3) is 0.500. The summed E-state index contributed by atoms with van der Waals surface area (Å²) in [5, 5.41) is 0. The predicted octanol–water partition coefficient (Wildman–Crippen LogP) is 3.55. The van der Waals surface area contributed by atoms with Crippen LogP contribution in [0.3, 0.4) is 0 Å². The number of nitrogens with one attached hydrogen (secondary N) is 1. The molecule has 2 aliphatic rings. The Morgan fingerprint density at radius 1 is 1.25 bits per heavy atom. The first-order valence-corrected chi connectivity index (χ1v) is 9.05. The summed E-state index contributed by atoms with van der Waals surface area (Å²) >= 11 is 0. The van der Waals surface area contributed by atoms with Crippen molar-refractivity contribution < 1.29 is 4.79 Å². The van der Waals surface area contributed by atoms with Gasteiger partial charge < -0.3 is 9.88 Å². The van der Waals surface area contributed by atoms with E-state index >= 15 is 0 Å². The number of likely N-dealkylation sites (tertiary alicyclic amines) is 1. The Morgan fingerprint density at radius 3 is 2.67 bits per heavy atom. The number of hydrogen-bond donors (Lipinski definition) is 1. The first-order valence-electron chi connectivity index (χ1n) is 9.05. The molecule has 0 spiro atoms. The molecular formula is C20H25N3O. The molecule has 0 unspecified atom stereocenters. The Kier molecular flexibility index (Phi) is 3.91. The normalized spacial score (nSPS) is 22.9. The van der Waals surface area contributed by atoms with Crippen LogP contribution in [0.15, 0.2) is 36.5 Å². The van der Waals surface area contributed by atoms with Gasteiger partial charge in [-0.15, -0.1) is 0 Å². The summed E-state index contributed by atoms with van der Waals surface area (Å²) in [5.74, 6) is 1.71. The third-order valence-corrected chi connectivity index (χ3v) is 5.78. The lowest BCUT2D eigenvalue weighted by Crippen LogP contribution is -2.44. The zero-order valence-corrected chi connectivity index (χ0v) is 14.3. The summed E-state index contributed by atoms with van der Waals surface area (Å²) in [5.41, 5.74) is 1.99. The van der Waals surface area contributed by atoms with Crippen LogP contribution in [-0.2, 0) is 10.2 Å². The van der Waals surface area contributed by atoms with Gasteiger partial charge in [0.05, 0.1) is 5.41 Å². The van der Waals surface area contributed by atoms with Crippen LogP contribution >= 0.6 is 0 Å². The molecule has 2 fully saturated rings. The number of H-pyrrole nitrogens is 1. The molecule has 1 saturated carbocycles. The van der Waals surface area contributed by atoms with E-state index in [-0.39, 0.29) is 5.41 Å². The molecule has 1 aromatic heterocycles. The molecule has 0 bridgehead atoms. The summed E-state index contributed by atoms with van der Waals surface area (Å²) in [7, 11) is 0. The molecular weight excluding hydrogens is 298 g/mol. The number of rotatable bonds is 3. The van der Waals surface area contributed by atoms with E-state index in [9.17, 15) is 4.79 Å². The van der Waals surface area contributed by atoms with Crippen LogP contribution in [0.4, 0.5) is 0 Å². The molecule has 1 atom stereocenters. The van der Waals surface area contributed by atoms with E-state index in [1.165, 1.54) is 5.56 Å². The van der Waals surface area contributed by atoms with Crippen molar-refractivity contribution in [2.45, 2.75) is 50.4 Å². The van der Waals surface area contributed by atoms with E-state index in [0.29, 0.717) is 11.8 Å². The SMILES string of the molecule is Cc1cnc([C@H]2CCN(C(=O)C3(c4ccccc4)CCCC3)C2)[nH]1. The largest absolute Gasteiger partial charge is 0.346 e. The molecule has 1 aliphatic heterocycles. The van der Waals surface area contributed by atoms with Gasteiger partial charge in [0.25, 0.3) is 0 Å². The fourth-order valence-electron chi connectivity index (χ4n) is 4.47. The van der Waals surface area contributed by atoms with Crippen LogP contribution in [0.5, 0.6) is 0 Å². The number of nitrogens with zero attached hydrogens (tertiary/aromatic N) is 2. The Morgan fingerprint density at radius 2 is 2.00 bits per heavy atom. The van der Waals surface area contributed by atoms with Gasteiger partial charge in [-0.25, -0.2) is 4.98 Å². The predicted molar refractivity (Wildman–Crippen MR) is 93.9 cm³/mol. The van der Waals surface area contributed by atoms with Crippen LogP contribution in [0.2, 0.25) is 0 Å². The summed E-state index contributed by atoms with van der Waals surface area (Å²) in [6, 6.07) is 10.4. The lowest BCUT2D eigenvalue weighted by molar-refractivity contribution is -0.136. The van der Waals surface area contributed by atoms with E-state index in [0.717, 1.165) is 56.7 Å². The van der Waals surface area contributed by atoms with Crippen molar-refractivity contribution in [2.24, 2.45) is 0 Å². The van der Waals surface area contributed by atoms with E-state index < -0.39 is 0 Å². The van der Waals surface area contributed by atoms with Gasteiger partial charge in [-0.1, -0.05) is 43.2 Å². The highest BCUT2D eigenvalue weighted by atomic mass is 16.2. The molecule has 1 aliphatic carbocycles. The fourth-order valence-corrected chi connectivity index (χ4v) is 4.47. The highest BCUT2D eigenvalue weighted by Gasteiger charge is 2.46. The minimum atomic E-state index is -0.296. The Balaban J connectivity index is 1.56. The Hall–Kier alpha value is -2.10. The summed E-state index contributed by atoms with van der Waals surface area (Å²) in [6.07, 6.45) is 7.14. The van der Waals surface area contributed by atoms with Crippen LogP contribution in [-0.4, -0.2) is 33.9 Å². The first kappa shape index (κ1) is 15.4. The first-order chi connectivity index (χ1) is 11.7. The smallest absolute Gasteiger partial charge is 0.233 e. The standard InChI is InChI=1S/C20H25N3O/c1-15-13-21-18(22-15)16-9-12-23(14-16)19(24)20(10-5-6-11-20)17-7-3-2-4-8-17/h2-4,7-8,13,16H,5-6,9-12,14H2,1H3,(H,21,22)/t16-/m0/s1. The van der Waals surface area contributed by atoms with Crippen LogP contribution in [0, 0.1) is 6.92 Å². The van der Waals surface area contributed by atoms with Crippen LogP contribution in [0.25, 0.3) is 0 Å². The number of carbonyl (C=O) groups excluding carboxylic acids is 1. The van der Waals surface area contributed by atoms with Crippen LogP contribution < -0.4 is 0 Å². The molecule has 4 nitrogen and oxygen atoms in total. The average Bonchev–Trinajstić information content (AvgIpc) is 3.35. The van der Waals surface area contributed by atoms with Gasteiger partial charge in [-0.3, -0.25) is 4.79 Å². The van der Waals surface area contributed by atoms with Crippen LogP contribution in [0.1, 0.15) is 55.1 Å². The van der Waals surface area contributed by atoms with Crippen molar-refractivity contribution in [3.63, 3.8) is 0 Å². The monoisotopic (exact) mass is 323 g/mol. The van der Waals surface area contributed by atoms with Crippen molar-refractivity contribution in [2.75, 3.05) is 13.1 Å². The maximum Gasteiger partial charge on any atom is 0.233 e. The van der Waals surface area contributed by atoms with Crippen molar-refractivity contribution in [3.8, 4) is 0 Å². The number of imidazole rings is 1. The number of amides is 1. The number of hydrogen-bond acceptors (Lipinski definition) is 2. The maximum atomic E-state index is 13.4. The quantitative estimate of drug-likeness (QED) is 0.939. The molecule has 2 heterocycles. The lowest BCUT2D eigenvalue weighted by Gasteiger charge is -2.33. The number of aromatic amines is 1. The van der Waals surface area contributed by atoms with E-state index in [1.807, 2.05) is 19.2 Å². The van der Waals surface area contributed by atoms with Gasteiger partial charge in [0, 0.05) is 30.9 Å². The second-order valence-corrected chi connectivity index (χ2v) is 7.34. The van der Waals surface area contributed by atoms with Gasteiger partial charge in [-0.05, 0) is 31.7 Å². The highest BCUT2D eigenvalue weighted by molar-refractivity contribution is 5.89. The van der Waals surface area contributed by atoms with Gasteiger partial charge in [-0.2, -0.15) is 0 Å². The highest BCUT2D eigenvalue weighted by Crippen LogP contribution is 2.43. The summed E-state index contributed by atoms with van der Waals surface area (Å²) in [6.45, 7) is 3.66. The average molecular weight is 323 g/mol. The van der Waals surface area contributed by atoms with Crippen molar-refractivity contribution in [1.82, 2.24) is 14.9 Å². The number of benzene rings is 1. The summed E-state index contributed by atoms with van der Waals surface area (Å²) in [4.78, 5) is 23.3. The molecule has 0 radical (unpaired) electrons. The Labute approximate surface area is 143 Å². The minimum Gasteiger partial charge on any atom is -0.346 e. The van der Waals surface area contributed by atoms with Crippen molar-refractivity contribution in [1.29, 1.82) is 0 Å². The molecule has 24 heavy (non-hydrogen) atoms. The Bertz CT molecular complexity index is 715. The number of aromatic nitrogens is 2. The second-order valence-electron chi connectivity index (χ2n) is 7.34. The van der Waals surface area contributed by atoms with Gasteiger partial charge >= 0.3 is 0 Å². The van der Waals surface area contributed by atoms with E-state index in [2.05, 4.69) is 39.1 Å². The van der Waals surface area contributed by atoms with Crippen molar-refractivity contribution in [3.05, 3.63) is 53.6 Å². The van der Waals surface area contributed by atoms with Gasteiger partial charge in [0.2, 0.25) is 5.91 Å². The number of carbonyl (C=O) groups is 1. The zero-order chi connectivity index (χ0) is 16.6.